The Balaban J connectivity index is 1.79. The second-order valence-corrected chi connectivity index (χ2v) is 8.55. The molecule has 0 saturated heterocycles. The molecule has 1 heterocycles. The van der Waals surface area contributed by atoms with Crippen molar-refractivity contribution in [3.8, 4) is 0 Å². The van der Waals surface area contributed by atoms with Crippen LogP contribution in [-0.2, 0) is 4.79 Å². The maximum absolute atomic E-state index is 13.0. The van der Waals surface area contributed by atoms with E-state index in [1.165, 1.54) is 24.2 Å². The van der Waals surface area contributed by atoms with E-state index in [0.717, 1.165) is 24.8 Å². The van der Waals surface area contributed by atoms with Crippen molar-refractivity contribution in [3.05, 3.63) is 44.9 Å². The summed E-state index contributed by atoms with van der Waals surface area (Å²) in [5.41, 5.74) is 1.18. The fraction of sp³-hybridized carbons (Fsp3) is 0.474. The number of aromatic nitrogens is 1. The van der Waals surface area contributed by atoms with E-state index in [1.807, 2.05) is 6.07 Å². The largest absolute Gasteiger partial charge is 0.393 e. The molecular formula is C19H22Cl2N2O3S. The number of aliphatic hydroxyl groups excluding tert-OH is 2. The minimum atomic E-state index is -1.05. The van der Waals surface area contributed by atoms with Crippen molar-refractivity contribution in [2.45, 2.75) is 44.1 Å². The summed E-state index contributed by atoms with van der Waals surface area (Å²) in [6.07, 6.45) is 4.38. The molecule has 5 nitrogen and oxygen atoms in total. The molecule has 2 unspecified atom stereocenters. The maximum atomic E-state index is 13.0. The van der Waals surface area contributed by atoms with E-state index >= 15 is 0 Å². The molecule has 0 aliphatic heterocycles. The van der Waals surface area contributed by atoms with Gasteiger partial charge < -0.3 is 15.5 Å². The monoisotopic (exact) mass is 428 g/mol. The molecule has 0 radical (unpaired) electrons. The summed E-state index contributed by atoms with van der Waals surface area (Å²) in [6.45, 7) is -0.412. The first-order valence-corrected chi connectivity index (χ1v) is 10.6. The van der Waals surface area contributed by atoms with Gasteiger partial charge in [0.1, 0.15) is 6.10 Å². The van der Waals surface area contributed by atoms with Gasteiger partial charge in [0, 0.05) is 5.38 Å². The van der Waals surface area contributed by atoms with Crippen LogP contribution in [0.1, 0.15) is 55.4 Å². The molecular weight excluding hydrogens is 407 g/mol. The Morgan fingerprint density at radius 2 is 2.04 bits per heavy atom. The predicted molar refractivity (Wildman–Crippen MR) is 109 cm³/mol. The van der Waals surface area contributed by atoms with Crippen LogP contribution in [0, 0.1) is 5.92 Å². The lowest BCUT2D eigenvalue weighted by molar-refractivity contribution is -0.118. The van der Waals surface area contributed by atoms with Gasteiger partial charge in [0.25, 0.3) is 0 Å². The van der Waals surface area contributed by atoms with E-state index in [9.17, 15) is 9.90 Å². The highest BCUT2D eigenvalue weighted by atomic mass is 35.5. The average molecular weight is 429 g/mol. The molecule has 0 spiro atoms. The number of hydrogen-bond donors (Lipinski definition) is 3. The minimum absolute atomic E-state index is 0.153. The topological polar surface area (TPSA) is 82.5 Å². The number of halogens is 2. The molecule has 1 fully saturated rings. The SMILES string of the molecule is O=C(Nc1nc(C(O)CO)cs1)C(CC1CCCC1)c1ccc(Cl)c(Cl)c1. The number of benzene rings is 1. The molecule has 3 N–H and O–H groups in total. The molecule has 2 atom stereocenters. The van der Waals surface area contributed by atoms with Crippen LogP contribution < -0.4 is 5.32 Å². The van der Waals surface area contributed by atoms with Crippen molar-refractivity contribution in [2.75, 3.05) is 11.9 Å². The average Bonchev–Trinajstić information content (AvgIpc) is 3.33. The van der Waals surface area contributed by atoms with Crippen LogP contribution in [0.3, 0.4) is 0 Å². The van der Waals surface area contributed by atoms with Gasteiger partial charge in [-0.3, -0.25) is 4.79 Å². The zero-order valence-corrected chi connectivity index (χ0v) is 17.0. The van der Waals surface area contributed by atoms with E-state index < -0.39 is 12.7 Å². The second-order valence-electron chi connectivity index (χ2n) is 6.88. The number of thiazole rings is 1. The van der Waals surface area contributed by atoms with Crippen LogP contribution in [-0.4, -0.2) is 27.7 Å². The first kappa shape index (κ1) is 20.6. The number of nitrogens with zero attached hydrogens (tertiary/aromatic N) is 1. The number of hydrogen-bond acceptors (Lipinski definition) is 5. The molecule has 1 aliphatic rings. The van der Waals surface area contributed by atoms with Crippen LogP contribution >= 0.6 is 34.5 Å². The van der Waals surface area contributed by atoms with Gasteiger partial charge in [0.2, 0.25) is 5.91 Å². The number of aliphatic hydroxyl groups is 2. The Hall–Kier alpha value is -1.18. The quantitative estimate of drug-likeness (QED) is 0.592. The third-order valence-corrected chi connectivity index (χ3v) is 6.49. The zero-order valence-electron chi connectivity index (χ0n) is 14.7. The Morgan fingerprint density at radius 1 is 1.30 bits per heavy atom. The predicted octanol–water partition coefficient (Wildman–Crippen LogP) is 4.78. The van der Waals surface area contributed by atoms with E-state index in [0.29, 0.717) is 26.8 Å². The summed E-state index contributed by atoms with van der Waals surface area (Å²) in [6, 6.07) is 5.31. The van der Waals surface area contributed by atoms with Gasteiger partial charge in [-0.05, 0) is 30.0 Å². The molecule has 8 heteroatoms. The summed E-state index contributed by atoms with van der Waals surface area (Å²) in [4.78, 5) is 17.2. The van der Waals surface area contributed by atoms with Crippen molar-refractivity contribution in [3.63, 3.8) is 0 Å². The normalized spacial score (nSPS) is 17.0. The van der Waals surface area contributed by atoms with Crippen LogP contribution in [0.4, 0.5) is 5.13 Å². The molecule has 1 aromatic heterocycles. The summed E-state index contributed by atoms with van der Waals surface area (Å²) >= 11 is 13.4. The third-order valence-electron chi connectivity index (χ3n) is 4.97. The molecule has 0 bridgehead atoms. The van der Waals surface area contributed by atoms with Crippen LogP contribution in [0.15, 0.2) is 23.6 Å². The van der Waals surface area contributed by atoms with Gasteiger partial charge in [-0.1, -0.05) is 55.0 Å². The van der Waals surface area contributed by atoms with Crippen molar-refractivity contribution in [1.82, 2.24) is 4.98 Å². The fourth-order valence-electron chi connectivity index (χ4n) is 3.49. The Labute approximate surface area is 172 Å². The molecule has 27 heavy (non-hydrogen) atoms. The second kappa shape index (κ2) is 9.34. The van der Waals surface area contributed by atoms with Gasteiger partial charge in [0.05, 0.1) is 28.3 Å². The smallest absolute Gasteiger partial charge is 0.233 e. The summed E-state index contributed by atoms with van der Waals surface area (Å²) < 4.78 is 0. The number of anilines is 1. The number of amides is 1. The highest BCUT2D eigenvalue weighted by molar-refractivity contribution is 7.13. The zero-order chi connectivity index (χ0) is 19.4. The minimum Gasteiger partial charge on any atom is -0.393 e. The number of carbonyl (C=O) groups excluding carboxylic acids is 1. The van der Waals surface area contributed by atoms with E-state index in [-0.39, 0.29) is 11.8 Å². The number of rotatable bonds is 7. The van der Waals surface area contributed by atoms with Gasteiger partial charge in [0.15, 0.2) is 5.13 Å². The summed E-state index contributed by atoms with van der Waals surface area (Å²) in [7, 11) is 0. The number of nitrogens with one attached hydrogen (secondary N) is 1. The fourth-order valence-corrected chi connectivity index (χ4v) is 4.55. The Kier molecular flexibility index (Phi) is 7.11. The summed E-state index contributed by atoms with van der Waals surface area (Å²) in [5, 5.41) is 24.5. The van der Waals surface area contributed by atoms with Crippen molar-refractivity contribution in [2.24, 2.45) is 5.92 Å². The van der Waals surface area contributed by atoms with Crippen LogP contribution in [0.2, 0.25) is 10.0 Å². The van der Waals surface area contributed by atoms with Crippen molar-refractivity contribution >= 4 is 45.6 Å². The summed E-state index contributed by atoms with van der Waals surface area (Å²) in [5.74, 6) is 0.0101. The van der Waals surface area contributed by atoms with Gasteiger partial charge in [-0.25, -0.2) is 4.98 Å². The first-order valence-electron chi connectivity index (χ1n) is 8.98. The molecule has 1 aromatic carbocycles. The molecule has 1 amide bonds. The van der Waals surface area contributed by atoms with Crippen molar-refractivity contribution in [1.29, 1.82) is 0 Å². The van der Waals surface area contributed by atoms with Gasteiger partial charge >= 0.3 is 0 Å². The van der Waals surface area contributed by atoms with Gasteiger partial charge in [-0.2, -0.15) is 0 Å². The Bertz CT molecular complexity index is 793. The highest BCUT2D eigenvalue weighted by Crippen LogP contribution is 2.36. The standard InChI is InChI=1S/C19H22Cl2N2O3S/c20-14-6-5-12(8-15(14)21)13(7-11-3-1-2-4-11)18(26)23-19-22-16(10-27-19)17(25)9-24/h5-6,8,10-11,13,17,24-25H,1-4,7,9H2,(H,22,23,26). The maximum Gasteiger partial charge on any atom is 0.233 e. The highest BCUT2D eigenvalue weighted by Gasteiger charge is 2.28. The van der Waals surface area contributed by atoms with E-state index in [2.05, 4.69) is 10.3 Å². The van der Waals surface area contributed by atoms with E-state index in [1.54, 1.807) is 17.5 Å². The molecule has 1 saturated carbocycles. The lowest BCUT2D eigenvalue weighted by Gasteiger charge is -2.20. The Morgan fingerprint density at radius 3 is 2.70 bits per heavy atom. The lowest BCUT2D eigenvalue weighted by Crippen LogP contribution is -2.23. The van der Waals surface area contributed by atoms with Crippen molar-refractivity contribution < 1.29 is 15.0 Å². The first-order chi connectivity index (χ1) is 13.0. The molecule has 146 valence electrons. The molecule has 1 aliphatic carbocycles. The van der Waals surface area contributed by atoms with Crippen LogP contribution in [0.5, 0.6) is 0 Å². The van der Waals surface area contributed by atoms with E-state index in [4.69, 9.17) is 28.3 Å². The lowest BCUT2D eigenvalue weighted by atomic mass is 9.87. The molecule has 3 rings (SSSR count). The van der Waals surface area contributed by atoms with Gasteiger partial charge in [-0.15, -0.1) is 11.3 Å². The molecule has 2 aromatic rings. The third kappa shape index (κ3) is 5.21. The number of carbonyl (C=O) groups is 1. The van der Waals surface area contributed by atoms with Crippen LogP contribution in [0.25, 0.3) is 0 Å².